The molecule has 7 heteroatoms. The Bertz CT molecular complexity index is 723. The molecule has 2 N–H and O–H groups in total. The van der Waals surface area contributed by atoms with E-state index >= 15 is 0 Å². The van der Waals surface area contributed by atoms with E-state index in [4.69, 9.17) is 0 Å². The molecule has 7 nitrogen and oxygen atoms in total. The quantitative estimate of drug-likeness (QED) is 0.823. The molecule has 2 aromatic rings. The first-order chi connectivity index (χ1) is 12.7. The monoisotopic (exact) mass is 353 g/mol. The molecule has 1 saturated heterocycles. The van der Waals surface area contributed by atoms with Crippen LogP contribution in [0.1, 0.15) is 24.8 Å². The van der Waals surface area contributed by atoms with Crippen LogP contribution in [0.4, 0.5) is 5.69 Å². The van der Waals surface area contributed by atoms with Gasteiger partial charge in [0.2, 0.25) is 11.8 Å². The van der Waals surface area contributed by atoms with Crippen molar-refractivity contribution in [2.45, 2.75) is 31.8 Å². The summed E-state index contributed by atoms with van der Waals surface area (Å²) in [5, 5.41) is 5.47. The third kappa shape index (κ3) is 5.10. The molecule has 3 rings (SSSR count). The van der Waals surface area contributed by atoms with Crippen LogP contribution in [0.3, 0.4) is 0 Å². The summed E-state index contributed by atoms with van der Waals surface area (Å²) in [5.74, 6) is -0.365. The van der Waals surface area contributed by atoms with Gasteiger partial charge in [0.1, 0.15) is 0 Å². The summed E-state index contributed by atoms with van der Waals surface area (Å²) in [4.78, 5) is 34.8. The Balaban J connectivity index is 1.52. The van der Waals surface area contributed by atoms with Crippen molar-refractivity contribution in [3.8, 4) is 0 Å². The van der Waals surface area contributed by atoms with Crippen LogP contribution in [0.5, 0.6) is 0 Å². The number of nitrogens with one attached hydrogen (secondary N) is 2. The molecule has 1 atom stereocenters. The van der Waals surface area contributed by atoms with Gasteiger partial charge in [0.05, 0.1) is 24.5 Å². The molecule has 3 heterocycles. The molecule has 1 aliphatic rings. The fourth-order valence-electron chi connectivity index (χ4n) is 3.13. The van der Waals surface area contributed by atoms with Crippen LogP contribution in [0.25, 0.3) is 0 Å². The van der Waals surface area contributed by atoms with Crippen LogP contribution in [-0.4, -0.2) is 45.8 Å². The van der Waals surface area contributed by atoms with Crippen LogP contribution < -0.4 is 10.6 Å². The third-order valence-corrected chi connectivity index (χ3v) is 4.39. The highest BCUT2D eigenvalue weighted by molar-refractivity contribution is 5.95. The van der Waals surface area contributed by atoms with Crippen molar-refractivity contribution >= 4 is 17.5 Å². The molecule has 0 spiro atoms. The van der Waals surface area contributed by atoms with Crippen molar-refractivity contribution in [2.75, 3.05) is 18.4 Å². The minimum atomic E-state index is -0.263. The molecule has 1 unspecified atom stereocenters. The number of carbonyl (C=O) groups is 2. The number of amides is 2. The number of carbonyl (C=O) groups excluding carboxylic acids is 2. The molecule has 26 heavy (non-hydrogen) atoms. The molecular formula is C19H23N5O2. The Morgan fingerprint density at radius 2 is 1.92 bits per heavy atom. The predicted octanol–water partition coefficient (Wildman–Crippen LogP) is 1.59. The first kappa shape index (κ1) is 18.0. The number of likely N-dealkylation sites (tertiary alicyclic amines) is 1. The van der Waals surface area contributed by atoms with Crippen molar-refractivity contribution in [1.82, 2.24) is 20.2 Å². The summed E-state index contributed by atoms with van der Waals surface area (Å²) in [6, 6.07) is 7.19. The van der Waals surface area contributed by atoms with Crippen LogP contribution in [-0.2, 0) is 16.1 Å². The number of rotatable bonds is 6. The van der Waals surface area contributed by atoms with Crippen molar-refractivity contribution in [1.29, 1.82) is 0 Å². The average molecular weight is 353 g/mol. The van der Waals surface area contributed by atoms with Gasteiger partial charge in [-0.25, -0.2) is 0 Å². The van der Waals surface area contributed by atoms with Crippen LogP contribution in [0.15, 0.2) is 49.1 Å². The number of aromatic nitrogens is 2. The van der Waals surface area contributed by atoms with E-state index in [1.54, 1.807) is 30.7 Å². The maximum Gasteiger partial charge on any atom is 0.243 e. The van der Waals surface area contributed by atoms with E-state index in [1.165, 1.54) is 0 Å². The highest BCUT2D eigenvalue weighted by Gasteiger charge is 2.28. The van der Waals surface area contributed by atoms with Gasteiger partial charge < -0.3 is 10.6 Å². The Labute approximate surface area is 152 Å². The lowest BCUT2D eigenvalue weighted by molar-refractivity contribution is -0.129. The van der Waals surface area contributed by atoms with E-state index in [1.807, 2.05) is 18.3 Å². The first-order valence-corrected chi connectivity index (χ1v) is 8.83. The highest BCUT2D eigenvalue weighted by atomic mass is 16.2. The zero-order valence-electron chi connectivity index (χ0n) is 14.6. The molecular weight excluding hydrogens is 330 g/mol. The second kappa shape index (κ2) is 9.05. The summed E-state index contributed by atoms with van der Waals surface area (Å²) < 4.78 is 0. The smallest absolute Gasteiger partial charge is 0.243 e. The van der Waals surface area contributed by atoms with Crippen molar-refractivity contribution in [2.24, 2.45) is 0 Å². The number of piperidine rings is 1. The van der Waals surface area contributed by atoms with Gasteiger partial charge in [0.15, 0.2) is 0 Å². The molecule has 0 saturated carbocycles. The van der Waals surface area contributed by atoms with Crippen molar-refractivity contribution in [3.05, 3.63) is 54.6 Å². The molecule has 0 radical (unpaired) electrons. The molecule has 2 aromatic heterocycles. The number of hydrogen-bond donors (Lipinski definition) is 2. The molecule has 0 aliphatic carbocycles. The SMILES string of the molecule is O=C(CNC(=O)C1CCCCN1Cc1cccnc1)Nc1cccnc1. The summed E-state index contributed by atoms with van der Waals surface area (Å²) >= 11 is 0. The molecule has 0 bridgehead atoms. The zero-order chi connectivity index (χ0) is 18.2. The van der Waals surface area contributed by atoms with Gasteiger partial charge >= 0.3 is 0 Å². The van der Waals surface area contributed by atoms with E-state index in [0.717, 1.165) is 31.4 Å². The van der Waals surface area contributed by atoms with Gasteiger partial charge in [0, 0.05) is 25.1 Å². The molecule has 1 fully saturated rings. The van der Waals surface area contributed by atoms with Gasteiger partial charge in [-0.3, -0.25) is 24.5 Å². The minimum Gasteiger partial charge on any atom is -0.346 e. The lowest BCUT2D eigenvalue weighted by Crippen LogP contribution is -2.50. The zero-order valence-corrected chi connectivity index (χ0v) is 14.6. The fourth-order valence-corrected chi connectivity index (χ4v) is 3.13. The van der Waals surface area contributed by atoms with Crippen LogP contribution in [0, 0.1) is 0 Å². The fraction of sp³-hybridized carbons (Fsp3) is 0.368. The lowest BCUT2D eigenvalue weighted by atomic mass is 10.0. The van der Waals surface area contributed by atoms with E-state index in [-0.39, 0.29) is 24.4 Å². The number of hydrogen-bond acceptors (Lipinski definition) is 5. The summed E-state index contributed by atoms with van der Waals surface area (Å²) in [6.07, 6.45) is 9.66. The third-order valence-electron chi connectivity index (χ3n) is 4.39. The van der Waals surface area contributed by atoms with E-state index < -0.39 is 0 Å². The minimum absolute atomic E-state index is 0.0506. The Morgan fingerprint density at radius 1 is 1.12 bits per heavy atom. The average Bonchev–Trinajstić information content (AvgIpc) is 2.68. The number of anilines is 1. The summed E-state index contributed by atoms with van der Waals surface area (Å²) in [7, 11) is 0. The van der Waals surface area contributed by atoms with Crippen LogP contribution in [0.2, 0.25) is 0 Å². The second-order valence-corrected chi connectivity index (χ2v) is 6.35. The maximum absolute atomic E-state index is 12.6. The number of pyridine rings is 2. The van der Waals surface area contributed by atoms with Crippen LogP contribution >= 0.6 is 0 Å². The van der Waals surface area contributed by atoms with Gasteiger partial charge in [-0.05, 0) is 43.1 Å². The van der Waals surface area contributed by atoms with E-state index in [2.05, 4.69) is 25.5 Å². The Kier molecular flexibility index (Phi) is 6.27. The van der Waals surface area contributed by atoms with Gasteiger partial charge in [-0.15, -0.1) is 0 Å². The topological polar surface area (TPSA) is 87.2 Å². The lowest BCUT2D eigenvalue weighted by Gasteiger charge is -2.34. The predicted molar refractivity (Wildman–Crippen MR) is 98.2 cm³/mol. The molecule has 2 amide bonds. The second-order valence-electron chi connectivity index (χ2n) is 6.35. The maximum atomic E-state index is 12.6. The summed E-state index contributed by atoms with van der Waals surface area (Å²) in [5.41, 5.74) is 1.70. The largest absolute Gasteiger partial charge is 0.346 e. The van der Waals surface area contributed by atoms with Gasteiger partial charge in [-0.1, -0.05) is 12.5 Å². The van der Waals surface area contributed by atoms with Gasteiger partial charge in [-0.2, -0.15) is 0 Å². The molecule has 136 valence electrons. The highest BCUT2D eigenvalue weighted by Crippen LogP contribution is 2.19. The first-order valence-electron chi connectivity index (χ1n) is 8.83. The Hall–Kier alpha value is -2.80. The van der Waals surface area contributed by atoms with E-state index in [0.29, 0.717) is 12.2 Å². The molecule has 1 aliphatic heterocycles. The summed E-state index contributed by atoms with van der Waals surface area (Å²) in [6.45, 7) is 1.51. The normalized spacial score (nSPS) is 17.5. The molecule has 0 aromatic carbocycles. The Morgan fingerprint density at radius 3 is 2.65 bits per heavy atom. The van der Waals surface area contributed by atoms with Gasteiger partial charge in [0.25, 0.3) is 0 Å². The number of nitrogens with zero attached hydrogens (tertiary/aromatic N) is 3. The standard InChI is InChI=1S/C19H23N5O2/c25-18(23-16-6-4-9-21-12-16)13-22-19(26)17-7-1-2-10-24(17)14-15-5-3-8-20-11-15/h3-6,8-9,11-12,17H,1-2,7,10,13-14H2,(H,22,26)(H,23,25). The van der Waals surface area contributed by atoms with E-state index in [9.17, 15) is 9.59 Å². The van der Waals surface area contributed by atoms with Crippen molar-refractivity contribution < 1.29 is 9.59 Å². The van der Waals surface area contributed by atoms with Crippen molar-refractivity contribution in [3.63, 3.8) is 0 Å².